The summed E-state index contributed by atoms with van der Waals surface area (Å²) in [4.78, 5) is 10.4. The van der Waals surface area contributed by atoms with Crippen molar-refractivity contribution in [1.82, 2.24) is 4.98 Å². The number of aromatic nitrogens is 1. The van der Waals surface area contributed by atoms with Crippen molar-refractivity contribution in [3.63, 3.8) is 0 Å². The van der Waals surface area contributed by atoms with Gasteiger partial charge in [0.25, 0.3) is 0 Å². The van der Waals surface area contributed by atoms with Gasteiger partial charge in [-0.25, -0.2) is 0 Å². The molecule has 0 bridgehead atoms. The number of nitrogens with one attached hydrogen (secondary N) is 1. The van der Waals surface area contributed by atoms with Gasteiger partial charge in [-0.15, -0.1) is 0 Å². The fraction of sp³-hybridized carbons (Fsp3) is 0.150. The molecule has 0 saturated carbocycles. The number of nitrogens with zero attached hydrogens (tertiary/aromatic N) is 2. The first kappa shape index (κ1) is 13.8. The second-order valence-electron chi connectivity index (χ2n) is 5.83. The second kappa shape index (κ2) is 5.76. The normalized spacial score (nSPS) is 14.8. The highest BCUT2D eigenvalue weighted by atomic mass is 15.1. The van der Waals surface area contributed by atoms with Crippen molar-refractivity contribution in [2.24, 2.45) is 4.99 Å². The number of hydrogen-bond donors (Lipinski definition) is 1. The summed E-state index contributed by atoms with van der Waals surface area (Å²) in [7, 11) is 2.13. The summed E-state index contributed by atoms with van der Waals surface area (Å²) in [6, 6.07) is 16.8. The maximum Gasteiger partial charge on any atom is 0.0668 e. The lowest BCUT2D eigenvalue weighted by Crippen LogP contribution is -2.20. The predicted octanol–water partition coefficient (Wildman–Crippen LogP) is 4.12. The number of H-pyrrole nitrogens is 1. The lowest BCUT2D eigenvalue weighted by Gasteiger charge is -2.18. The van der Waals surface area contributed by atoms with Crippen LogP contribution in [-0.4, -0.2) is 30.8 Å². The van der Waals surface area contributed by atoms with Crippen molar-refractivity contribution in [2.45, 2.75) is 0 Å². The fourth-order valence-electron chi connectivity index (χ4n) is 3.09. The third kappa shape index (κ3) is 2.55. The Bertz CT molecular complexity index is 902. The largest absolute Gasteiger partial charge is 0.372 e. The number of fused-ring (bicyclic) bond motifs is 2. The van der Waals surface area contributed by atoms with Gasteiger partial charge in [0.2, 0.25) is 0 Å². The molecule has 3 aromatic rings. The van der Waals surface area contributed by atoms with Gasteiger partial charge in [-0.1, -0.05) is 42.5 Å². The van der Waals surface area contributed by atoms with E-state index in [2.05, 4.69) is 77.7 Å². The molecule has 1 N–H and O–H groups in total. The van der Waals surface area contributed by atoms with Crippen molar-refractivity contribution >= 4 is 28.4 Å². The molecule has 0 radical (unpaired) electrons. The molecule has 3 nitrogen and oxygen atoms in total. The van der Waals surface area contributed by atoms with Crippen molar-refractivity contribution in [3.05, 3.63) is 71.9 Å². The van der Waals surface area contributed by atoms with Crippen molar-refractivity contribution < 1.29 is 0 Å². The highest BCUT2D eigenvalue weighted by Crippen LogP contribution is 2.24. The first-order valence-electron chi connectivity index (χ1n) is 7.92. The standard InChI is InChI=1S/C20H19N3/c1-23-13-12-21-19(17-7-3-5-9-20(17)23)11-10-15-14-22-18-8-4-2-6-16(15)18/h2-11,14,22H,12-13H2,1H3/b11-10+. The topological polar surface area (TPSA) is 31.4 Å². The molecule has 0 unspecified atom stereocenters. The van der Waals surface area contributed by atoms with E-state index in [-0.39, 0.29) is 0 Å². The van der Waals surface area contributed by atoms with Gasteiger partial charge >= 0.3 is 0 Å². The molecule has 23 heavy (non-hydrogen) atoms. The first-order valence-corrected chi connectivity index (χ1v) is 7.92. The third-order valence-electron chi connectivity index (χ3n) is 4.35. The van der Waals surface area contributed by atoms with Gasteiger partial charge < -0.3 is 9.88 Å². The lowest BCUT2D eigenvalue weighted by atomic mass is 10.1. The Balaban J connectivity index is 1.73. The van der Waals surface area contributed by atoms with Crippen LogP contribution in [0.25, 0.3) is 17.0 Å². The molecule has 0 saturated heterocycles. The number of aliphatic imine (C=N–C) groups is 1. The van der Waals surface area contributed by atoms with Crippen molar-refractivity contribution in [2.75, 3.05) is 25.0 Å². The van der Waals surface area contributed by atoms with Gasteiger partial charge in [-0.3, -0.25) is 4.99 Å². The van der Waals surface area contributed by atoms with E-state index < -0.39 is 0 Å². The maximum atomic E-state index is 4.77. The third-order valence-corrected chi connectivity index (χ3v) is 4.35. The molecular formula is C20H19N3. The predicted molar refractivity (Wildman–Crippen MR) is 98.4 cm³/mol. The SMILES string of the molecule is CN1CCN=C(/C=C/c2c[nH]c3ccccc23)c2ccccc21. The number of benzodiazepines with no additional fused rings is 1. The highest BCUT2D eigenvalue weighted by Gasteiger charge is 2.13. The Hall–Kier alpha value is -2.81. The summed E-state index contributed by atoms with van der Waals surface area (Å²) in [5, 5.41) is 1.24. The number of likely N-dealkylation sites (N-methyl/N-ethyl adjacent to an activating group) is 1. The van der Waals surface area contributed by atoms with Crippen LogP contribution in [0.3, 0.4) is 0 Å². The minimum atomic E-state index is 0.818. The minimum Gasteiger partial charge on any atom is -0.372 e. The molecule has 1 aliphatic rings. The molecule has 0 aliphatic carbocycles. The van der Waals surface area contributed by atoms with Gasteiger partial charge in [0.05, 0.1) is 12.3 Å². The van der Waals surface area contributed by atoms with E-state index >= 15 is 0 Å². The Kier molecular flexibility index (Phi) is 3.46. The van der Waals surface area contributed by atoms with Crippen LogP contribution in [0, 0.1) is 0 Å². The van der Waals surface area contributed by atoms with Crippen LogP contribution in [0.15, 0.2) is 65.8 Å². The summed E-state index contributed by atoms with van der Waals surface area (Å²) >= 11 is 0. The molecule has 3 heteroatoms. The summed E-state index contributed by atoms with van der Waals surface area (Å²) < 4.78 is 0. The van der Waals surface area contributed by atoms with E-state index in [1.807, 2.05) is 6.07 Å². The van der Waals surface area contributed by atoms with Crippen LogP contribution >= 0.6 is 0 Å². The second-order valence-corrected chi connectivity index (χ2v) is 5.83. The zero-order chi connectivity index (χ0) is 15.6. The van der Waals surface area contributed by atoms with E-state index in [4.69, 9.17) is 4.99 Å². The van der Waals surface area contributed by atoms with E-state index in [0.717, 1.165) is 24.3 Å². The maximum absolute atomic E-state index is 4.77. The number of benzene rings is 2. The Morgan fingerprint density at radius 3 is 2.83 bits per heavy atom. The van der Waals surface area contributed by atoms with Crippen LogP contribution < -0.4 is 4.90 Å². The van der Waals surface area contributed by atoms with Gasteiger partial charge in [-0.2, -0.15) is 0 Å². The molecule has 1 aromatic heterocycles. The Labute approximate surface area is 136 Å². The number of para-hydroxylation sites is 2. The summed E-state index contributed by atoms with van der Waals surface area (Å²) in [5.74, 6) is 0. The fourth-order valence-corrected chi connectivity index (χ4v) is 3.09. The van der Waals surface area contributed by atoms with Gasteiger partial charge in [0.15, 0.2) is 0 Å². The van der Waals surface area contributed by atoms with Gasteiger partial charge in [-0.05, 0) is 23.8 Å². The molecule has 4 rings (SSSR count). The zero-order valence-corrected chi connectivity index (χ0v) is 13.2. The van der Waals surface area contributed by atoms with Crippen LogP contribution in [0.4, 0.5) is 5.69 Å². The van der Waals surface area contributed by atoms with Gasteiger partial charge in [0.1, 0.15) is 0 Å². The van der Waals surface area contributed by atoms with Crippen LogP contribution in [0.2, 0.25) is 0 Å². The summed E-state index contributed by atoms with van der Waals surface area (Å²) in [6.07, 6.45) is 6.34. The molecule has 114 valence electrons. The van der Waals surface area contributed by atoms with E-state index in [1.54, 1.807) is 0 Å². The molecule has 2 heterocycles. The number of rotatable bonds is 2. The molecule has 1 aliphatic heterocycles. The molecule has 0 spiro atoms. The van der Waals surface area contributed by atoms with E-state index in [1.165, 1.54) is 22.2 Å². The number of hydrogen-bond acceptors (Lipinski definition) is 2. The zero-order valence-electron chi connectivity index (χ0n) is 13.2. The summed E-state index contributed by atoms with van der Waals surface area (Å²) in [5.41, 5.74) is 5.85. The van der Waals surface area contributed by atoms with Crippen LogP contribution in [0.1, 0.15) is 11.1 Å². The van der Waals surface area contributed by atoms with E-state index in [0.29, 0.717) is 0 Å². The van der Waals surface area contributed by atoms with Crippen LogP contribution in [-0.2, 0) is 0 Å². The first-order chi connectivity index (χ1) is 11.3. The van der Waals surface area contributed by atoms with Crippen molar-refractivity contribution in [1.29, 1.82) is 0 Å². The van der Waals surface area contributed by atoms with Gasteiger partial charge in [0, 0.05) is 41.9 Å². The number of anilines is 1. The minimum absolute atomic E-state index is 0.818. The number of aromatic amines is 1. The molecule has 0 amide bonds. The molecule has 2 aromatic carbocycles. The smallest absolute Gasteiger partial charge is 0.0668 e. The molecule has 0 fully saturated rings. The molecular weight excluding hydrogens is 282 g/mol. The quantitative estimate of drug-likeness (QED) is 0.758. The molecule has 0 atom stereocenters. The average Bonchev–Trinajstić information content (AvgIpc) is 2.93. The lowest BCUT2D eigenvalue weighted by molar-refractivity contribution is 0.897. The highest BCUT2D eigenvalue weighted by molar-refractivity contribution is 6.14. The number of allylic oxidation sites excluding steroid dienone is 1. The van der Waals surface area contributed by atoms with Crippen LogP contribution in [0.5, 0.6) is 0 Å². The monoisotopic (exact) mass is 301 g/mol. The van der Waals surface area contributed by atoms with Crippen molar-refractivity contribution in [3.8, 4) is 0 Å². The summed E-state index contributed by atoms with van der Waals surface area (Å²) in [6.45, 7) is 1.76. The Morgan fingerprint density at radius 1 is 1.04 bits per heavy atom. The Morgan fingerprint density at radius 2 is 1.87 bits per heavy atom. The average molecular weight is 301 g/mol. The van der Waals surface area contributed by atoms with E-state index in [9.17, 15) is 0 Å².